The highest BCUT2D eigenvalue weighted by atomic mass is 16.6. The lowest BCUT2D eigenvalue weighted by Gasteiger charge is -2.15. The first-order chi connectivity index (χ1) is 11.0. The van der Waals surface area contributed by atoms with E-state index < -0.39 is 17.6 Å². The summed E-state index contributed by atoms with van der Waals surface area (Å²) >= 11 is 0. The van der Waals surface area contributed by atoms with Crippen LogP contribution in [0.15, 0.2) is 41.3 Å². The van der Waals surface area contributed by atoms with Crippen molar-refractivity contribution in [3.63, 3.8) is 0 Å². The molecule has 0 spiro atoms. The Balaban J connectivity index is 2.10. The van der Waals surface area contributed by atoms with Gasteiger partial charge in [-0.2, -0.15) is 0 Å². The largest absolute Gasteiger partial charge is 0.477 e. The number of aryl methyl sites for hydroxylation is 1. The minimum atomic E-state index is -1.26. The van der Waals surface area contributed by atoms with Gasteiger partial charge in [0.1, 0.15) is 12.2 Å². The lowest BCUT2D eigenvalue weighted by atomic mass is 10.1. The number of cyclic esters (lactones) is 1. The lowest BCUT2D eigenvalue weighted by Crippen LogP contribution is -2.27. The molecule has 0 unspecified atom stereocenters. The molecular weight excluding hydrogens is 300 g/mol. The number of carboxylic acid groups (broad SMARTS) is 1. The molecule has 1 N–H and O–H groups in total. The van der Waals surface area contributed by atoms with Gasteiger partial charge in [0.15, 0.2) is 0 Å². The molecule has 1 aliphatic heterocycles. The average molecular weight is 314 g/mol. The van der Waals surface area contributed by atoms with Crippen LogP contribution >= 0.6 is 0 Å². The molecular formula is C16H14N2O5. The number of benzene rings is 1. The molecule has 0 atom stereocenters. The van der Waals surface area contributed by atoms with E-state index in [-0.39, 0.29) is 5.56 Å². The maximum absolute atomic E-state index is 12.4. The van der Waals surface area contributed by atoms with Gasteiger partial charge in [0, 0.05) is 11.9 Å². The monoisotopic (exact) mass is 314 g/mol. The minimum absolute atomic E-state index is 0.265. The van der Waals surface area contributed by atoms with Crippen molar-refractivity contribution in [2.45, 2.75) is 6.92 Å². The number of hydrogen-bond donors (Lipinski definition) is 1. The fourth-order valence-electron chi connectivity index (χ4n) is 2.53. The minimum Gasteiger partial charge on any atom is -0.477 e. The highest BCUT2D eigenvalue weighted by molar-refractivity contribution is 5.90. The van der Waals surface area contributed by atoms with Gasteiger partial charge in [-0.05, 0) is 36.8 Å². The Hall–Kier alpha value is -3.09. The number of aromatic nitrogens is 1. The number of pyridine rings is 1. The molecule has 2 aromatic rings. The fourth-order valence-corrected chi connectivity index (χ4v) is 2.53. The molecule has 118 valence electrons. The van der Waals surface area contributed by atoms with Gasteiger partial charge < -0.3 is 9.84 Å². The Labute approximate surface area is 131 Å². The van der Waals surface area contributed by atoms with Gasteiger partial charge in [0.2, 0.25) is 0 Å². The van der Waals surface area contributed by atoms with Crippen molar-refractivity contribution < 1.29 is 19.4 Å². The van der Waals surface area contributed by atoms with Gasteiger partial charge in [-0.15, -0.1) is 0 Å². The highest BCUT2D eigenvalue weighted by Crippen LogP contribution is 2.21. The molecule has 0 aliphatic carbocycles. The molecule has 23 heavy (non-hydrogen) atoms. The smallest absolute Gasteiger partial charge is 0.414 e. The average Bonchev–Trinajstić information content (AvgIpc) is 2.93. The van der Waals surface area contributed by atoms with Crippen LogP contribution in [0.4, 0.5) is 10.5 Å². The topological polar surface area (TPSA) is 88.8 Å². The first-order valence-corrected chi connectivity index (χ1v) is 6.99. The van der Waals surface area contributed by atoms with Crippen molar-refractivity contribution in [3.8, 4) is 5.69 Å². The summed E-state index contributed by atoms with van der Waals surface area (Å²) in [7, 11) is 0. The summed E-state index contributed by atoms with van der Waals surface area (Å²) in [5.74, 6) is -1.26. The van der Waals surface area contributed by atoms with Gasteiger partial charge in [-0.1, -0.05) is 6.07 Å². The van der Waals surface area contributed by atoms with Gasteiger partial charge in [0.25, 0.3) is 5.56 Å². The third-order valence-electron chi connectivity index (χ3n) is 3.69. The standard InChI is InChI=1S/C16H14N2O5/c1-10-5-6-17(14(19)13(10)15(20)21)11-3-2-4-12(9-11)18-7-8-23-16(18)22/h2-6,9H,7-8H2,1H3,(H,20,21). The predicted octanol–water partition coefficient (Wildman–Crippen LogP) is 1.80. The van der Waals surface area contributed by atoms with E-state index in [1.807, 2.05) is 0 Å². The van der Waals surface area contributed by atoms with Crippen LogP contribution < -0.4 is 10.5 Å². The number of hydrogen-bond acceptors (Lipinski definition) is 4. The van der Waals surface area contributed by atoms with Crippen LogP contribution in [-0.2, 0) is 4.74 Å². The molecule has 2 heterocycles. The van der Waals surface area contributed by atoms with Crippen molar-refractivity contribution in [1.82, 2.24) is 4.57 Å². The first kappa shape index (κ1) is 14.8. The van der Waals surface area contributed by atoms with Gasteiger partial charge in [0.05, 0.1) is 12.2 Å². The number of carbonyl (C=O) groups excluding carboxylic acids is 1. The number of amides is 1. The fraction of sp³-hybridized carbons (Fsp3) is 0.188. The van der Waals surface area contributed by atoms with E-state index in [0.717, 1.165) is 0 Å². The second-order valence-electron chi connectivity index (χ2n) is 5.14. The lowest BCUT2D eigenvalue weighted by molar-refractivity contribution is 0.0693. The van der Waals surface area contributed by atoms with E-state index in [1.165, 1.54) is 15.7 Å². The van der Waals surface area contributed by atoms with Crippen LogP contribution in [0.2, 0.25) is 0 Å². The van der Waals surface area contributed by atoms with Crippen molar-refractivity contribution in [2.75, 3.05) is 18.1 Å². The Bertz CT molecular complexity index is 856. The van der Waals surface area contributed by atoms with E-state index in [2.05, 4.69) is 0 Å². The first-order valence-electron chi connectivity index (χ1n) is 6.99. The Kier molecular flexibility index (Phi) is 3.61. The normalized spacial score (nSPS) is 14.0. The third-order valence-corrected chi connectivity index (χ3v) is 3.69. The summed E-state index contributed by atoms with van der Waals surface area (Å²) in [5.41, 5.74) is 0.596. The molecule has 1 saturated heterocycles. The van der Waals surface area contributed by atoms with Crippen LogP contribution in [0, 0.1) is 6.92 Å². The van der Waals surface area contributed by atoms with E-state index in [9.17, 15) is 19.5 Å². The summed E-state index contributed by atoms with van der Waals surface area (Å²) in [6, 6.07) is 8.32. The highest BCUT2D eigenvalue weighted by Gasteiger charge is 2.24. The summed E-state index contributed by atoms with van der Waals surface area (Å²) < 4.78 is 6.15. The summed E-state index contributed by atoms with van der Waals surface area (Å²) in [4.78, 5) is 36.8. The van der Waals surface area contributed by atoms with Crippen molar-refractivity contribution in [3.05, 3.63) is 58.0 Å². The maximum Gasteiger partial charge on any atom is 0.414 e. The van der Waals surface area contributed by atoms with E-state index in [0.29, 0.717) is 30.1 Å². The number of carbonyl (C=O) groups is 2. The zero-order chi connectivity index (χ0) is 16.6. The second kappa shape index (κ2) is 5.60. The molecule has 0 bridgehead atoms. The SMILES string of the molecule is Cc1ccn(-c2cccc(N3CCOC3=O)c2)c(=O)c1C(=O)O. The number of nitrogens with zero attached hydrogens (tertiary/aromatic N) is 2. The number of anilines is 1. The molecule has 1 fully saturated rings. The predicted molar refractivity (Wildman–Crippen MR) is 82.4 cm³/mol. The molecule has 7 nitrogen and oxygen atoms in total. The molecule has 0 radical (unpaired) electrons. The number of ether oxygens (including phenoxy) is 1. The summed E-state index contributed by atoms with van der Waals surface area (Å²) in [6.07, 6.45) is 1.08. The number of aromatic carboxylic acids is 1. The van der Waals surface area contributed by atoms with Crippen LogP contribution in [0.3, 0.4) is 0 Å². The molecule has 3 rings (SSSR count). The van der Waals surface area contributed by atoms with E-state index >= 15 is 0 Å². The van der Waals surface area contributed by atoms with Crippen LogP contribution in [0.5, 0.6) is 0 Å². The van der Waals surface area contributed by atoms with Crippen LogP contribution in [-0.4, -0.2) is 34.9 Å². The van der Waals surface area contributed by atoms with Gasteiger partial charge in [-0.25, -0.2) is 9.59 Å². The maximum atomic E-state index is 12.4. The summed E-state index contributed by atoms with van der Waals surface area (Å²) in [6.45, 7) is 2.33. The van der Waals surface area contributed by atoms with E-state index in [4.69, 9.17) is 4.74 Å². The molecule has 1 amide bonds. The molecule has 1 aliphatic rings. The van der Waals surface area contributed by atoms with Crippen LogP contribution in [0.25, 0.3) is 5.69 Å². The van der Waals surface area contributed by atoms with Crippen LogP contribution in [0.1, 0.15) is 15.9 Å². The number of rotatable bonds is 3. The van der Waals surface area contributed by atoms with E-state index in [1.54, 1.807) is 37.3 Å². The quantitative estimate of drug-likeness (QED) is 0.933. The zero-order valence-electron chi connectivity index (χ0n) is 12.4. The summed E-state index contributed by atoms with van der Waals surface area (Å²) in [5, 5.41) is 9.20. The Morgan fingerprint density at radius 1 is 1.22 bits per heavy atom. The zero-order valence-corrected chi connectivity index (χ0v) is 12.4. The van der Waals surface area contributed by atoms with Gasteiger partial charge >= 0.3 is 12.1 Å². The second-order valence-corrected chi connectivity index (χ2v) is 5.14. The number of carboxylic acids is 1. The Morgan fingerprint density at radius 3 is 2.61 bits per heavy atom. The van der Waals surface area contributed by atoms with Crippen molar-refractivity contribution in [2.24, 2.45) is 0 Å². The molecule has 7 heteroatoms. The van der Waals surface area contributed by atoms with Gasteiger partial charge in [-0.3, -0.25) is 14.3 Å². The van der Waals surface area contributed by atoms with Crippen molar-refractivity contribution in [1.29, 1.82) is 0 Å². The Morgan fingerprint density at radius 2 is 1.96 bits per heavy atom. The molecule has 1 aromatic carbocycles. The third kappa shape index (κ3) is 2.57. The molecule has 1 aromatic heterocycles. The molecule has 0 saturated carbocycles. The van der Waals surface area contributed by atoms with Crippen molar-refractivity contribution >= 4 is 17.7 Å².